The number of aliphatic carboxylic acids is 1. The number of carbonyl (C=O) groups is 7. The van der Waals surface area contributed by atoms with Crippen LogP contribution in [0, 0.1) is 17.2 Å². The number of aromatic amines is 1. The molecule has 10 atom stereocenters. The lowest BCUT2D eigenvalue weighted by Gasteiger charge is -2.30. The van der Waals surface area contributed by atoms with Crippen molar-refractivity contribution in [3.63, 3.8) is 0 Å². The highest BCUT2D eigenvalue weighted by Gasteiger charge is 2.55. The van der Waals surface area contributed by atoms with E-state index in [-0.39, 0.29) is 51.5 Å². The topological polar surface area (TPSA) is 394 Å². The fourth-order valence-electron chi connectivity index (χ4n) is 6.46. The minimum atomic E-state index is -1.91. The van der Waals surface area contributed by atoms with Gasteiger partial charge in [-0.25, -0.2) is 14.4 Å². The largest absolute Gasteiger partial charge is 0.480 e. The van der Waals surface area contributed by atoms with E-state index in [1.54, 1.807) is 27.7 Å². The third-order valence-electron chi connectivity index (χ3n) is 9.62. The zero-order chi connectivity index (χ0) is 48.4. The van der Waals surface area contributed by atoms with Crippen LogP contribution < -0.4 is 48.9 Å². The molecule has 1 aromatic rings. The number of hydrogen-bond acceptors (Lipinski definition) is 17. The fourth-order valence-corrected chi connectivity index (χ4v) is 6.46. The molecule has 360 valence electrons. The number of ether oxygens (including phenoxy) is 4. The maximum atomic E-state index is 13.6. The molecular formula is C38H62N10O16. The number of aliphatic hydroxyl groups excluding tert-OH is 2. The number of esters is 3. The molecule has 0 aromatic carbocycles. The summed E-state index contributed by atoms with van der Waals surface area (Å²) in [6, 6.07) is -5.83. The molecule has 1 unspecified atom stereocenters. The molecule has 2 heterocycles. The average Bonchev–Trinajstić information content (AvgIpc) is 3.52. The van der Waals surface area contributed by atoms with E-state index < -0.39 is 126 Å². The number of nitrogens with two attached hydrogens (primary N) is 1. The summed E-state index contributed by atoms with van der Waals surface area (Å²) in [6.45, 7) is 9.62. The first-order chi connectivity index (χ1) is 30.0. The second-order valence-corrected chi connectivity index (χ2v) is 15.4. The van der Waals surface area contributed by atoms with Crippen LogP contribution in [0.1, 0.15) is 74.0 Å². The summed E-state index contributed by atoms with van der Waals surface area (Å²) in [5.41, 5.74) is 3.57. The Kier molecular flexibility index (Phi) is 21.8. The Balaban J connectivity index is 2.26. The van der Waals surface area contributed by atoms with Crippen LogP contribution in [-0.4, -0.2) is 153 Å². The van der Waals surface area contributed by atoms with E-state index in [0.717, 1.165) is 30.7 Å². The summed E-state index contributed by atoms with van der Waals surface area (Å²) in [4.78, 5) is 116. The quantitative estimate of drug-likeness (QED) is 0.0147. The number of aliphatic hydroxyl groups is 2. The van der Waals surface area contributed by atoms with Crippen LogP contribution in [0.2, 0.25) is 0 Å². The summed E-state index contributed by atoms with van der Waals surface area (Å²) < 4.78 is 22.7. The van der Waals surface area contributed by atoms with Crippen LogP contribution in [0.3, 0.4) is 0 Å². The number of guanidine groups is 1. The number of aromatic nitrogens is 2. The van der Waals surface area contributed by atoms with E-state index in [1.165, 1.54) is 6.92 Å². The third-order valence-corrected chi connectivity index (χ3v) is 9.62. The maximum Gasteiger partial charge on any atom is 0.330 e. The molecule has 2 rings (SSSR count). The minimum absolute atomic E-state index is 0.0469. The lowest BCUT2D eigenvalue weighted by molar-refractivity contribution is -0.168. The number of carboxylic acids is 1. The average molecular weight is 915 g/mol. The number of rotatable bonds is 25. The van der Waals surface area contributed by atoms with Crippen LogP contribution >= 0.6 is 0 Å². The van der Waals surface area contributed by atoms with Gasteiger partial charge in [-0.1, -0.05) is 27.7 Å². The van der Waals surface area contributed by atoms with Crippen molar-refractivity contribution >= 4 is 47.7 Å². The Bertz CT molecular complexity index is 1910. The zero-order valence-corrected chi connectivity index (χ0v) is 36.7. The van der Waals surface area contributed by atoms with Crippen molar-refractivity contribution in [2.75, 3.05) is 26.2 Å². The normalized spacial score (nSPS) is 19.8. The summed E-state index contributed by atoms with van der Waals surface area (Å²) in [6.07, 6.45) is -8.52. The monoisotopic (exact) mass is 914 g/mol. The second-order valence-electron chi connectivity index (χ2n) is 15.4. The van der Waals surface area contributed by atoms with Gasteiger partial charge in [-0.2, -0.15) is 0 Å². The minimum Gasteiger partial charge on any atom is -0.480 e. The van der Waals surface area contributed by atoms with Crippen molar-refractivity contribution in [3.05, 3.63) is 33.1 Å². The highest BCUT2D eigenvalue weighted by Crippen LogP contribution is 2.35. The summed E-state index contributed by atoms with van der Waals surface area (Å²) in [7, 11) is 0. The molecule has 1 aliphatic rings. The van der Waals surface area contributed by atoms with Crippen LogP contribution in [0.4, 0.5) is 4.79 Å². The number of carboxylic acid groups (broad SMARTS) is 1. The molecule has 26 nitrogen and oxygen atoms in total. The van der Waals surface area contributed by atoms with Gasteiger partial charge in [0.1, 0.15) is 36.4 Å². The molecule has 26 heteroatoms. The second kappa shape index (κ2) is 25.9. The number of amides is 4. The van der Waals surface area contributed by atoms with E-state index in [4.69, 9.17) is 30.1 Å². The summed E-state index contributed by atoms with van der Waals surface area (Å²) in [5, 5.41) is 54.6. The highest BCUT2D eigenvalue weighted by atomic mass is 16.6. The maximum absolute atomic E-state index is 13.6. The van der Waals surface area contributed by atoms with Crippen molar-refractivity contribution in [1.82, 2.24) is 41.5 Å². The third kappa shape index (κ3) is 16.5. The van der Waals surface area contributed by atoms with Crippen LogP contribution in [-0.2, 0) is 47.7 Å². The first-order valence-electron chi connectivity index (χ1n) is 20.5. The van der Waals surface area contributed by atoms with Gasteiger partial charge in [0, 0.05) is 39.2 Å². The molecule has 13 N–H and O–H groups in total. The Morgan fingerprint density at radius 1 is 0.859 bits per heavy atom. The van der Waals surface area contributed by atoms with Crippen LogP contribution in [0.15, 0.2) is 21.9 Å². The molecule has 0 spiro atoms. The van der Waals surface area contributed by atoms with Crippen LogP contribution in [0.25, 0.3) is 0 Å². The molecule has 64 heavy (non-hydrogen) atoms. The van der Waals surface area contributed by atoms with Crippen LogP contribution in [0.5, 0.6) is 0 Å². The van der Waals surface area contributed by atoms with Gasteiger partial charge in [-0.15, -0.1) is 0 Å². The summed E-state index contributed by atoms with van der Waals surface area (Å²) >= 11 is 0. The standard InChI is InChI=1S/C38H62N10O16/c1-8-61-35(58)25(27(53)28-29(62-19(6)49)30(63-20(7)50)33(64-28)48-16-12-22(51)45-38(48)60)41-14-10-15-42-32(55)24(26(52)18(4)5)46-31(54)21(11-9-13-43-36(39)40)44-37(59)47-23(17(2)3)34(56)57/h12,16-18,21,23-30,33,41,52-53H,8-11,13-15H2,1-7H3,(H,42,55)(H,46,54)(H,56,57)(H4,39,40,43)(H2,44,47,59)(H,45,51,60)/t21-,23-,24-,25?,26-,27+,28+,29+,30+,33+/m0/s1. The van der Waals surface area contributed by atoms with E-state index in [0.29, 0.717) is 0 Å². The van der Waals surface area contributed by atoms with Gasteiger partial charge < -0.3 is 71.9 Å². The van der Waals surface area contributed by atoms with Gasteiger partial charge in [-0.3, -0.25) is 43.7 Å². The predicted octanol–water partition coefficient (Wildman–Crippen LogP) is -3.77. The molecule has 1 aromatic heterocycles. The Morgan fingerprint density at radius 3 is 2.03 bits per heavy atom. The van der Waals surface area contributed by atoms with Gasteiger partial charge in [-0.05, 0) is 44.6 Å². The van der Waals surface area contributed by atoms with Crippen molar-refractivity contribution in [2.24, 2.45) is 17.6 Å². The lowest BCUT2D eigenvalue weighted by Crippen LogP contribution is -2.60. The van der Waals surface area contributed by atoms with E-state index in [1.807, 2.05) is 4.98 Å². The molecule has 0 aliphatic carbocycles. The lowest BCUT2D eigenvalue weighted by atomic mass is 9.98. The van der Waals surface area contributed by atoms with Crippen molar-refractivity contribution in [1.29, 1.82) is 5.41 Å². The molecule has 1 aliphatic heterocycles. The number of nitrogens with zero attached hydrogens (tertiary/aromatic N) is 1. The molecule has 0 bridgehead atoms. The van der Waals surface area contributed by atoms with Gasteiger partial charge in [0.05, 0.1) is 12.7 Å². The molecule has 0 saturated carbocycles. The van der Waals surface area contributed by atoms with E-state index in [9.17, 15) is 58.5 Å². The number of H-pyrrole nitrogens is 1. The highest BCUT2D eigenvalue weighted by molar-refractivity contribution is 5.93. The predicted molar refractivity (Wildman–Crippen MR) is 222 cm³/mol. The van der Waals surface area contributed by atoms with Crippen molar-refractivity contribution in [3.8, 4) is 0 Å². The van der Waals surface area contributed by atoms with E-state index in [2.05, 4.69) is 31.9 Å². The first kappa shape index (κ1) is 54.0. The number of hydrogen-bond donors (Lipinski definition) is 12. The number of urea groups is 1. The van der Waals surface area contributed by atoms with Gasteiger partial charge in [0.15, 0.2) is 24.4 Å². The number of nitrogens with one attached hydrogen (secondary N) is 8. The Morgan fingerprint density at radius 2 is 1.48 bits per heavy atom. The van der Waals surface area contributed by atoms with Crippen molar-refractivity contribution < 1.29 is 67.8 Å². The van der Waals surface area contributed by atoms with Gasteiger partial charge in [0.2, 0.25) is 11.8 Å². The molecule has 0 radical (unpaired) electrons. The first-order valence-corrected chi connectivity index (χ1v) is 20.5. The Hall–Kier alpha value is -6.12. The molecule has 1 fully saturated rings. The molecule has 1 saturated heterocycles. The van der Waals surface area contributed by atoms with Crippen molar-refractivity contribution in [2.45, 2.75) is 129 Å². The Labute approximate surface area is 367 Å². The van der Waals surface area contributed by atoms with E-state index >= 15 is 0 Å². The summed E-state index contributed by atoms with van der Waals surface area (Å²) in [5.74, 6) is -7.25. The fraction of sp³-hybridized carbons (Fsp3) is 0.684. The molecular weight excluding hydrogens is 852 g/mol. The van der Waals surface area contributed by atoms with Gasteiger partial charge >= 0.3 is 35.6 Å². The zero-order valence-electron chi connectivity index (χ0n) is 36.7. The molecule has 4 amide bonds. The van der Waals surface area contributed by atoms with Gasteiger partial charge in [0.25, 0.3) is 5.56 Å². The number of carbonyl (C=O) groups excluding carboxylic acids is 6. The SMILES string of the molecule is CCOC(=O)C(NCCCNC(=O)[C@@H](NC(=O)[C@H](CCCNC(=N)N)NC(=O)N[C@H](C(=O)O)C(C)C)[C@@H](O)C(C)C)[C@@H](O)[C@H]1O[C@@H](n2ccc(=O)[nH]c2=O)[C@H](OC(C)=O)[C@@H]1OC(C)=O. The smallest absolute Gasteiger partial charge is 0.330 e.